The van der Waals surface area contributed by atoms with Crippen LogP contribution < -0.4 is 5.32 Å². The van der Waals surface area contributed by atoms with Gasteiger partial charge < -0.3 is 15.0 Å². The molecule has 2 amide bonds. The number of carbonyl (C=O) groups is 2. The molecule has 1 saturated heterocycles. The van der Waals surface area contributed by atoms with Crippen molar-refractivity contribution in [1.82, 2.24) is 20.0 Å². The highest BCUT2D eigenvalue weighted by Gasteiger charge is 2.30. The normalized spacial score (nSPS) is 19.0. The Balaban J connectivity index is 2.04. The molecule has 1 aliphatic heterocycles. The van der Waals surface area contributed by atoms with Crippen molar-refractivity contribution >= 4 is 12.0 Å². The van der Waals surface area contributed by atoms with E-state index in [0.29, 0.717) is 13.2 Å². The second-order valence-electron chi connectivity index (χ2n) is 6.42. The van der Waals surface area contributed by atoms with E-state index in [1.165, 1.54) is 0 Å². The van der Waals surface area contributed by atoms with E-state index < -0.39 is 6.09 Å². The van der Waals surface area contributed by atoms with Gasteiger partial charge in [0.1, 0.15) is 0 Å². The Bertz CT molecular complexity index is 611. The van der Waals surface area contributed by atoms with Crippen molar-refractivity contribution in [3.05, 3.63) is 17.0 Å². The van der Waals surface area contributed by atoms with E-state index in [1.54, 1.807) is 6.92 Å². The van der Waals surface area contributed by atoms with E-state index in [-0.39, 0.29) is 17.9 Å². The minimum Gasteiger partial charge on any atom is -0.450 e. The van der Waals surface area contributed by atoms with Gasteiger partial charge in [-0.3, -0.25) is 9.48 Å². The van der Waals surface area contributed by atoms with Crippen molar-refractivity contribution in [1.29, 1.82) is 0 Å². The predicted octanol–water partition coefficient (Wildman–Crippen LogP) is 1.88. The molecule has 0 radical (unpaired) electrons. The highest BCUT2D eigenvalue weighted by molar-refractivity contribution is 5.84. The molecule has 2 heterocycles. The Hall–Kier alpha value is -2.05. The van der Waals surface area contributed by atoms with E-state index in [0.717, 1.165) is 36.3 Å². The van der Waals surface area contributed by atoms with Gasteiger partial charge in [0.05, 0.1) is 18.2 Å². The van der Waals surface area contributed by atoms with Crippen LogP contribution in [0.4, 0.5) is 4.79 Å². The summed E-state index contributed by atoms with van der Waals surface area (Å²) in [7, 11) is 1.89. The minimum absolute atomic E-state index is 0.0509. The molecule has 24 heavy (non-hydrogen) atoms. The fourth-order valence-corrected chi connectivity index (χ4v) is 3.45. The SMILES string of the molecule is CCOC(=O)N[C@@H]1CCCN(C(=O)[C@@H](C)c2c(C)nn(C)c2C)C1. The smallest absolute Gasteiger partial charge is 0.407 e. The van der Waals surface area contributed by atoms with Crippen LogP contribution in [0.3, 0.4) is 0 Å². The quantitative estimate of drug-likeness (QED) is 0.911. The fraction of sp³-hybridized carbons (Fsp3) is 0.706. The number of hydrogen-bond donors (Lipinski definition) is 1. The molecule has 0 saturated carbocycles. The second-order valence-corrected chi connectivity index (χ2v) is 6.42. The largest absolute Gasteiger partial charge is 0.450 e. The van der Waals surface area contributed by atoms with Gasteiger partial charge in [0.2, 0.25) is 5.91 Å². The van der Waals surface area contributed by atoms with Crippen LogP contribution in [0.15, 0.2) is 0 Å². The standard InChI is InChI=1S/C17H28N4O3/c1-6-24-17(23)18-14-8-7-9-21(10-14)16(22)11(2)15-12(3)19-20(5)13(15)4/h11,14H,6-10H2,1-5H3,(H,18,23)/t11-,14+/m0/s1. The van der Waals surface area contributed by atoms with Crippen molar-refractivity contribution in [3.63, 3.8) is 0 Å². The summed E-state index contributed by atoms with van der Waals surface area (Å²) < 4.78 is 6.74. The maximum Gasteiger partial charge on any atom is 0.407 e. The molecule has 7 heteroatoms. The summed E-state index contributed by atoms with van der Waals surface area (Å²) in [5.74, 6) is -0.149. The molecule has 0 aliphatic carbocycles. The average Bonchev–Trinajstić information content (AvgIpc) is 2.79. The first-order valence-electron chi connectivity index (χ1n) is 8.57. The number of nitrogens with zero attached hydrogens (tertiary/aromatic N) is 3. The van der Waals surface area contributed by atoms with E-state index in [1.807, 2.05) is 37.4 Å². The lowest BCUT2D eigenvalue weighted by Crippen LogP contribution is -2.50. The molecular formula is C17H28N4O3. The monoisotopic (exact) mass is 336 g/mol. The predicted molar refractivity (Wildman–Crippen MR) is 90.9 cm³/mol. The molecule has 1 N–H and O–H groups in total. The molecule has 0 unspecified atom stereocenters. The van der Waals surface area contributed by atoms with Gasteiger partial charge in [-0.2, -0.15) is 5.10 Å². The number of ether oxygens (including phenoxy) is 1. The Morgan fingerprint density at radius 1 is 1.42 bits per heavy atom. The number of amides is 2. The van der Waals surface area contributed by atoms with Gasteiger partial charge in [-0.15, -0.1) is 0 Å². The lowest BCUT2D eigenvalue weighted by Gasteiger charge is -2.34. The van der Waals surface area contributed by atoms with Crippen LogP contribution in [-0.4, -0.2) is 52.4 Å². The zero-order valence-electron chi connectivity index (χ0n) is 15.3. The molecule has 7 nitrogen and oxygen atoms in total. The van der Waals surface area contributed by atoms with Crippen molar-refractivity contribution in [2.45, 2.75) is 52.5 Å². The van der Waals surface area contributed by atoms with Gasteiger partial charge in [0.25, 0.3) is 0 Å². The third kappa shape index (κ3) is 3.88. The van der Waals surface area contributed by atoms with Crippen LogP contribution in [-0.2, 0) is 16.6 Å². The first-order valence-corrected chi connectivity index (χ1v) is 8.57. The van der Waals surface area contributed by atoms with Crippen LogP contribution >= 0.6 is 0 Å². The van der Waals surface area contributed by atoms with E-state index >= 15 is 0 Å². The second kappa shape index (κ2) is 7.68. The lowest BCUT2D eigenvalue weighted by molar-refractivity contribution is -0.133. The molecule has 1 aromatic heterocycles. The van der Waals surface area contributed by atoms with Crippen molar-refractivity contribution in [2.24, 2.45) is 7.05 Å². The Kier molecular flexibility index (Phi) is 5.85. The summed E-state index contributed by atoms with van der Waals surface area (Å²) in [6.45, 7) is 9.23. The number of aryl methyl sites for hydroxylation is 2. The Labute approximate surface area is 143 Å². The highest BCUT2D eigenvalue weighted by atomic mass is 16.5. The summed E-state index contributed by atoms with van der Waals surface area (Å²) >= 11 is 0. The highest BCUT2D eigenvalue weighted by Crippen LogP contribution is 2.26. The summed E-state index contributed by atoms with van der Waals surface area (Å²) in [5, 5.41) is 7.25. The van der Waals surface area contributed by atoms with Gasteiger partial charge in [0.15, 0.2) is 0 Å². The summed E-state index contributed by atoms with van der Waals surface area (Å²) in [6, 6.07) is -0.0509. The van der Waals surface area contributed by atoms with Crippen LogP contribution in [0.25, 0.3) is 0 Å². The van der Waals surface area contributed by atoms with Crippen molar-refractivity contribution < 1.29 is 14.3 Å². The Morgan fingerprint density at radius 2 is 2.12 bits per heavy atom. The van der Waals surface area contributed by atoms with Crippen LogP contribution in [0.5, 0.6) is 0 Å². The topological polar surface area (TPSA) is 76.5 Å². The van der Waals surface area contributed by atoms with Gasteiger partial charge in [-0.05, 0) is 40.5 Å². The number of hydrogen-bond acceptors (Lipinski definition) is 4. The number of carbonyl (C=O) groups excluding carboxylic acids is 2. The Morgan fingerprint density at radius 3 is 2.71 bits per heavy atom. The summed E-state index contributed by atoms with van der Waals surface area (Å²) in [5.41, 5.74) is 2.92. The third-order valence-electron chi connectivity index (χ3n) is 4.70. The molecule has 1 aromatic rings. The van der Waals surface area contributed by atoms with E-state index in [9.17, 15) is 9.59 Å². The van der Waals surface area contributed by atoms with Gasteiger partial charge in [0, 0.05) is 37.4 Å². The first kappa shape index (κ1) is 18.3. The summed E-state index contributed by atoms with van der Waals surface area (Å²) in [4.78, 5) is 26.3. The average molecular weight is 336 g/mol. The van der Waals surface area contributed by atoms with Gasteiger partial charge >= 0.3 is 6.09 Å². The zero-order valence-corrected chi connectivity index (χ0v) is 15.3. The number of rotatable bonds is 4. The van der Waals surface area contributed by atoms with Crippen LogP contribution in [0, 0.1) is 13.8 Å². The fourth-order valence-electron chi connectivity index (χ4n) is 3.45. The molecule has 1 fully saturated rings. The third-order valence-corrected chi connectivity index (χ3v) is 4.70. The lowest BCUT2D eigenvalue weighted by atomic mass is 9.96. The van der Waals surface area contributed by atoms with Gasteiger partial charge in [-0.1, -0.05) is 0 Å². The van der Waals surface area contributed by atoms with Crippen LogP contribution in [0.2, 0.25) is 0 Å². The number of nitrogens with one attached hydrogen (secondary N) is 1. The molecule has 1 aliphatic rings. The maximum atomic E-state index is 12.9. The van der Waals surface area contributed by atoms with Crippen molar-refractivity contribution in [3.8, 4) is 0 Å². The summed E-state index contributed by atoms with van der Waals surface area (Å²) in [6.07, 6.45) is 1.33. The maximum absolute atomic E-state index is 12.9. The molecule has 0 spiro atoms. The number of aromatic nitrogens is 2. The first-order chi connectivity index (χ1) is 11.3. The zero-order chi connectivity index (χ0) is 17.9. The van der Waals surface area contributed by atoms with E-state index in [2.05, 4.69) is 10.4 Å². The van der Waals surface area contributed by atoms with Crippen LogP contribution in [0.1, 0.15) is 49.6 Å². The number of piperidine rings is 1. The minimum atomic E-state index is -0.413. The molecule has 0 aromatic carbocycles. The van der Waals surface area contributed by atoms with Gasteiger partial charge in [-0.25, -0.2) is 4.79 Å². The molecule has 0 bridgehead atoms. The van der Waals surface area contributed by atoms with E-state index in [4.69, 9.17) is 4.74 Å². The van der Waals surface area contributed by atoms with Crippen molar-refractivity contribution in [2.75, 3.05) is 19.7 Å². The molecule has 2 atom stereocenters. The number of likely N-dealkylation sites (tertiary alicyclic amines) is 1. The molecule has 2 rings (SSSR count). The molecule has 134 valence electrons. The number of alkyl carbamates (subject to hydrolysis) is 1. The molecular weight excluding hydrogens is 308 g/mol.